The lowest BCUT2D eigenvalue weighted by molar-refractivity contribution is -0.119. The zero-order valence-corrected chi connectivity index (χ0v) is 20.4. The van der Waals surface area contributed by atoms with Crippen molar-refractivity contribution in [1.82, 2.24) is 25.3 Å². The van der Waals surface area contributed by atoms with E-state index in [0.29, 0.717) is 23.4 Å². The maximum absolute atomic E-state index is 12.0. The molecule has 0 aliphatic heterocycles. The van der Waals surface area contributed by atoms with Crippen LogP contribution in [0.1, 0.15) is 60.6 Å². The number of anilines is 1. The van der Waals surface area contributed by atoms with E-state index in [9.17, 15) is 4.79 Å². The molecule has 0 saturated heterocycles. The standard InChI is InChI=1S/C28H33N7O/c29-25-17-24(27-28(31-25)33-34-32-27)23(21-9-5-2-6-10-21)15-16-35(18-26(30)36)22-13-11-20(12-14-22)19-7-3-1-4-8-19/h1-10,17,20,22-23H,11-16,18H2,(H2,30,36)(H3,29,31,32,33,34)/t20-,22-,23?. The number of pyridine rings is 1. The summed E-state index contributed by atoms with van der Waals surface area (Å²) in [6.07, 6.45) is 5.14. The van der Waals surface area contributed by atoms with Gasteiger partial charge >= 0.3 is 0 Å². The molecule has 5 N–H and O–H groups in total. The number of nitrogen functional groups attached to an aromatic ring is 1. The first kappa shape index (κ1) is 23.9. The van der Waals surface area contributed by atoms with E-state index >= 15 is 0 Å². The molecule has 0 radical (unpaired) electrons. The van der Waals surface area contributed by atoms with Crippen LogP contribution in [0.3, 0.4) is 0 Å². The van der Waals surface area contributed by atoms with Crippen molar-refractivity contribution in [3.05, 3.63) is 83.4 Å². The van der Waals surface area contributed by atoms with E-state index in [1.54, 1.807) is 0 Å². The lowest BCUT2D eigenvalue weighted by Crippen LogP contribution is -2.43. The van der Waals surface area contributed by atoms with Gasteiger partial charge in [0.05, 0.1) is 6.54 Å². The zero-order chi connectivity index (χ0) is 24.9. The predicted octanol–water partition coefficient (Wildman–Crippen LogP) is 3.97. The molecule has 5 rings (SSSR count). The maximum Gasteiger partial charge on any atom is 0.231 e. The van der Waals surface area contributed by atoms with E-state index in [4.69, 9.17) is 11.5 Å². The van der Waals surface area contributed by atoms with Crippen molar-refractivity contribution in [1.29, 1.82) is 0 Å². The molecule has 0 spiro atoms. The Hall–Kier alpha value is -3.78. The number of nitrogens with two attached hydrogens (primary N) is 2. The van der Waals surface area contributed by atoms with Gasteiger partial charge < -0.3 is 11.5 Å². The van der Waals surface area contributed by atoms with Crippen LogP contribution in [-0.4, -0.2) is 50.3 Å². The Morgan fingerprint density at radius 3 is 2.42 bits per heavy atom. The third kappa shape index (κ3) is 5.39. The number of nitrogens with zero attached hydrogens (tertiary/aromatic N) is 4. The van der Waals surface area contributed by atoms with Gasteiger partial charge in [0.15, 0.2) is 5.65 Å². The van der Waals surface area contributed by atoms with E-state index < -0.39 is 0 Å². The number of amides is 1. The monoisotopic (exact) mass is 483 g/mol. The topological polar surface area (TPSA) is 127 Å². The third-order valence-electron chi connectivity index (χ3n) is 7.47. The van der Waals surface area contributed by atoms with Gasteiger partial charge in [0.25, 0.3) is 0 Å². The second-order valence-electron chi connectivity index (χ2n) is 9.75. The van der Waals surface area contributed by atoms with Crippen LogP contribution in [0.15, 0.2) is 66.7 Å². The molecule has 0 bridgehead atoms. The van der Waals surface area contributed by atoms with Gasteiger partial charge in [0, 0.05) is 12.0 Å². The van der Waals surface area contributed by atoms with E-state index in [-0.39, 0.29) is 18.4 Å². The number of benzene rings is 2. The van der Waals surface area contributed by atoms with Gasteiger partial charge in [-0.3, -0.25) is 9.69 Å². The highest BCUT2D eigenvalue weighted by Crippen LogP contribution is 2.36. The molecule has 4 aromatic rings. The van der Waals surface area contributed by atoms with Crippen LogP contribution < -0.4 is 11.5 Å². The normalized spacial score (nSPS) is 18.9. The van der Waals surface area contributed by atoms with Crippen molar-refractivity contribution >= 4 is 22.9 Å². The molecule has 1 amide bonds. The molecule has 186 valence electrons. The Labute approximate surface area is 211 Å². The summed E-state index contributed by atoms with van der Waals surface area (Å²) in [5.74, 6) is 0.747. The minimum Gasteiger partial charge on any atom is -0.384 e. The number of carbonyl (C=O) groups is 1. The number of hydrogen-bond acceptors (Lipinski definition) is 6. The fraction of sp³-hybridized carbons (Fsp3) is 0.357. The Morgan fingerprint density at radius 2 is 1.72 bits per heavy atom. The number of rotatable bonds is 9. The van der Waals surface area contributed by atoms with Crippen molar-refractivity contribution < 1.29 is 4.79 Å². The Morgan fingerprint density at radius 1 is 1.03 bits per heavy atom. The summed E-state index contributed by atoms with van der Waals surface area (Å²) < 4.78 is 0. The molecular weight excluding hydrogens is 450 g/mol. The van der Waals surface area contributed by atoms with Crippen molar-refractivity contribution in [2.75, 3.05) is 18.8 Å². The van der Waals surface area contributed by atoms with Gasteiger partial charge in [0.1, 0.15) is 11.3 Å². The summed E-state index contributed by atoms with van der Waals surface area (Å²) in [5, 5.41) is 11.1. The van der Waals surface area contributed by atoms with Crippen LogP contribution in [0.25, 0.3) is 11.2 Å². The lowest BCUT2D eigenvalue weighted by Gasteiger charge is -2.37. The summed E-state index contributed by atoms with van der Waals surface area (Å²) in [4.78, 5) is 18.7. The Bertz CT molecular complexity index is 1280. The van der Waals surface area contributed by atoms with Crippen LogP contribution in [-0.2, 0) is 4.79 Å². The number of carbonyl (C=O) groups excluding carboxylic acids is 1. The van der Waals surface area contributed by atoms with Gasteiger partial charge in [0.2, 0.25) is 5.91 Å². The van der Waals surface area contributed by atoms with Gasteiger partial charge in [-0.05, 0) is 67.3 Å². The summed E-state index contributed by atoms with van der Waals surface area (Å²) in [6.45, 7) is 1.00. The van der Waals surface area contributed by atoms with Crippen molar-refractivity contribution in [3.63, 3.8) is 0 Å². The molecule has 36 heavy (non-hydrogen) atoms. The molecule has 1 atom stereocenters. The fourth-order valence-electron chi connectivity index (χ4n) is 5.72. The summed E-state index contributed by atoms with van der Waals surface area (Å²) in [6, 6.07) is 23.3. The molecule has 2 aromatic carbocycles. The van der Waals surface area contributed by atoms with Crippen LogP contribution in [0.4, 0.5) is 5.82 Å². The maximum atomic E-state index is 12.0. The van der Waals surface area contributed by atoms with Gasteiger partial charge in [-0.15, -0.1) is 5.10 Å². The van der Waals surface area contributed by atoms with E-state index in [1.807, 2.05) is 24.3 Å². The number of aromatic nitrogens is 4. The number of H-pyrrole nitrogens is 1. The third-order valence-corrected chi connectivity index (χ3v) is 7.47. The minimum absolute atomic E-state index is 0.0279. The highest BCUT2D eigenvalue weighted by Gasteiger charge is 2.29. The van der Waals surface area contributed by atoms with E-state index in [0.717, 1.165) is 49.7 Å². The van der Waals surface area contributed by atoms with Crippen molar-refractivity contribution in [2.24, 2.45) is 5.73 Å². The highest BCUT2D eigenvalue weighted by molar-refractivity contribution is 5.77. The number of fused-ring (bicyclic) bond motifs is 1. The van der Waals surface area contributed by atoms with Crippen molar-refractivity contribution in [2.45, 2.75) is 50.0 Å². The molecule has 2 heterocycles. The molecule has 1 saturated carbocycles. The second-order valence-corrected chi connectivity index (χ2v) is 9.75. The van der Waals surface area contributed by atoms with Crippen molar-refractivity contribution in [3.8, 4) is 0 Å². The molecule has 1 aliphatic carbocycles. The molecule has 2 aromatic heterocycles. The molecule has 8 heteroatoms. The van der Waals surface area contributed by atoms with Crippen LogP contribution >= 0.6 is 0 Å². The minimum atomic E-state index is -0.288. The summed E-state index contributed by atoms with van der Waals surface area (Å²) in [5.41, 5.74) is 16.7. The first-order chi connectivity index (χ1) is 17.6. The molecule has 1 fully saturated rings. The molecule has 8 nitrogen and oxygen atoms in total. The van der Waals surface area contributed by atoms with Crippen LogP contribution in [0, 0.1) is 0 Å². The zero-order valence-electron chi connectivity index (χ0n) is 20.4. The van der Waals surface area contributed by atoms with Crippen LogP contribution in [0.2, 0.25) is 0 Å². The average molecular weight is 484 g/mol. The molecule has 1 unspecified atom stereocenters. The number of aromatic amines is 1. The number of hydrogen-bond donors (Lipinski definition) is 3. The predicted molar refractivity (Wildman–Crippen MR) is 141 cm³/mol. The Kier molecular flexibility index (Phi) is 7.23. The fourth-order valence-corrected chi connectivity index (χ4v) is 5.72. The SMILES string of the molecule is NC(=O)CN(CCC(c1ccccc1)c1cc(N)nc2[nH]nnc12)[C@H]1CC[C@H](c2ccccc2)CC1. The Balaban J connectivity index is 1.36. The first-order valence-corrected chi connectivity index (χ1v) is 12.7. The highest BCUT2D eigenvalue weighted by atomic mass is 16.1. The quantitative estimate of drug-likeness (QED) is 0.331. The van der Waals surface area contributed by atoms with Gasteiger partial charge in [-0.25, -0.2) is 10.1 Å². The van der Waals surface area contributed by atoms with E-state index in [1.165, 1.54) is 11.1 Å². The van der Waals surface area contributed by atoms with Gasteiger partial charge in [-0.2, -0.15) is 0 Å². The average Bonchev–Trinajstić information content (AvgIpc) is 3.37. The smallest absolute Gasteiger partial charge is 0.231 e. The number of nitrogens with one attached hydrogen (secondary N) is 1. The second kappa shape index (κ2) is 10.9. The summed E-state index contributed by atoms with van der Waals surface area (Å²) >= 11 is 0. The molecular formula is C28H33N7O. The summed E-state index contributed by atoms with van der Waals surface area (Å²) in [7, 11) is 0. The first-order valence-electron chi connectivity index (χ1n) is 12.7. The number of primary amides is 1. The lowest BCUT2D eigenvalue weighted by atomic mass is 9.81. The molecule has 1 aliphatic rings. The van der Waals surface area contributed by atoms with E-state index in [2.05, 4.69) is 67.8 Å². The largest absolute Gasteiger partial charge is 0.384 e. The van der Waals surface area contributed by atoms with Crippen LogP contribution in [0.5, 0.6) is 0 Å². The van der Waals surface area contributed by atoms with Gasteiger partial charge in [-0.1, -0.05) is 65.9 Å².